The fraction of sp³-hybridized carbons (Fsp3) is 0.231. The standard InChI is InChI=1S/C26H23F3N2O4/c27-26(28,29)20-2-1-3-22(13-20)31-24(34)30-21-8-6-16(7-9-21)17-4-5-19-14-25(35,15-23(32)33)11-10-18(19)12-17/h1-9,12-13,35H,10-11,14-15H2,(H,32,33)(H2,30,31,34). The van der Waals surface area contributed by atoms with Crippen LogP contribution in [0.2, 0.25) is 0 Å². The molecule has 9 heteroatoms. The van der Waals surface area contributed by atoms with Gasteiger partial charge in [-0.3, -0.25) is 4.79 Å². The molecule has 1 aliphatic rings. The minimum Gasteiger partial charge on any atom is -0.481 e. The highest BCUT2D eigenvalue weighted by molar-refractivity contribution is 5.99. The van der Waals surface area contributed by atoms with Gasteiger partial charge in [-0.2, -0.15) is 13.2 Å². The van der Waals surface area contributed by atoms with Crippen molar-refractivity contribution in [3.05, 3.63) is 83.4 Å². The number of aliphatic carboxylic acids is 1. The molecule has 1 unspecified atom stereocenters. The van der Waals surface area contributed by atoms with Gasteiger partial charge in [-0.1, -0.05) is 36.4 Å². The molecule has 0 saturated heterocycles. The van der Waals surface area contributed by atoms with Crippen LogP contribution < -0.4 is 10.6 Å². The average molecular weight is 484 g/mol. The quantitative estimate of drug-likeness (QED) is 0.373. The zero-order chi connectivity index (χ0) is 25.2. The summed E-state index contributed by atoms with van der Waals surface area (Å²) in [5, 5.41) is 24.6. The lowest BCUT2D eigenvalue weighted by atomic mass is 9.78. The Morgan fingerprint density at radius 1 is 0.886 bits per heavy atom. The number of carbonyl (C=O) groups is 2. The Morgan fingerprint density at radius 3 is 2.26 bits per heavy atom. The first-order valence-corrected chi connectivity index (χ1v) is 10.9. The van der Waals surface area contributed by atoms with Gasteiger partial charge in [0.05, 0.1) is 17.6 Å². The summed E-state index contributed by atoms with van der Waals surface area (Å²) in [4.78, 5) is 23.2. The van der Waals surface area contributed by atoms with Gasteiger partial charge >= 0.3 is 18.2 Å². The molecule has 2 amide bonds. The van der Waals surface area contributed by atoms with Crippen LogP contribution in [0.3, 0.4) is 0 Å². The number of hydrogen-bond donors (Lipinski definition) is 4. The number of rotatable bonds is 5. The first-order chi connectivity index (χ1) is 16.5. The van der Waals surface area contributed by atoms with Crippen LogP contribution in [0.1, 0.15) is 29.5 Å². The minimum absolute atomic E-state index is 0.0262. The van der Waals surface area contributed by atoms with Crippen LogP contribution in [0.25, 0.3) is 11.1 Å². The molecule has 6 nitrogen and oxygen atoms in total. The zero-order valence-corrected chi connectivity index (χ0v) is 18.5. The van der Waals surface area contributed by atoms with Crippen molar-refractivity contribution in [3.63, 3.8) is 0 Å². The van der Waals surface area contributed by atoms with Gasteiger partial charge in [0, 0.05) is 17.8 Å². The van der Waals surface area contributed by atoms with Crippen LogP contribution in [0.15, 0.2) is 66.7 Å². The topological polar surface area (TPSA) is 98.7 Å². The van der Waals surface area contributed by atoms with Crippen molar-refractivity contribution in [2.24, 2.45) is 0 Å². The molecule has 3 aromatic rings. The lowest BCUT2D eigenvalue weighted by molar-refractivity contribution is -0.143. The van der Waals surface area contributed by atoms with Crippen LogP contribution in [0, 0.1) is 0 Å². The third-order valence-corrected chi connectivity index (χ3v) is 5.99. The molecular formula is C26H23F3N2O4. The number of benzene rings is 3. The summed E-state index contributed by atoms with van der Waals surface area (Å²) in [6.07, 6.45) is -3.55. The number of carboxylic acid groups (broad SMARTS) is 1. The smallest absolute Gasteiger partial charge is 0.416 e. The van der Waals surface area contributed by atoms with Crippen molar-refractivity contribution < 1.29 is 33.0 Å². The van der Waals surface area contributed by atoms with Crippen LogP contribution in [0.5, 0.6) is 0 Å². The van der Waals surface area contributed by atoms with Crippen molar-refractivity contribution in [2.45, 2.75) is 37.5 Å². The van der Waals surface area contributed by atoms with Gasteiger partial charge in [0.2, 0.25) is 0 Å². The molecule has 1 aliphatic carbocycles. The highest BCUT2D eigenvalue weighted by Crippen LogP contribution is 2.34. The Morgan fingerprint density at radius 2 is 1.57 bits per heavy atom. The monoisotopic (exact) mass is 484 g/mol. The molecule has 0 fully saturated rings. The minimum atomic E-state index is -4.50. The van der Waals surface area contributed by atoms with Crippen molar-refractivity contribution in [1.29, 1.82) is 0 Å². The maximum absolute atomic E-state index is 12.8. The summed E-state index contributed by atoms with van der Waals surface area (Å²) in [5.74, 6) is -1.02. The molecule has 0 aromatic heterocycles. The molecule has 1 atom stereocenters. The molecule has 35 heavy (non-hydrogen) atoms. The van der Waals surface area contributed by atoms with Gasteiger partial charge in [-0.05, 0) is 65.4 Å². The van der Waals surface area contributed by atoms with Gasteiger partial charge in [0.15, 0.2) is 0 Å². The predicted molar refractivity (Wildman–Crippen MR) is 125 cm³/mol. The first kappa shape index (κ1) is 24.3. The largest absolute Gasteiger partial charge is 0.481 e. The molecule has 4 rings (SSSR count). The Kier molecular flexibility index (Phi) is 6.53. The molecule has 0 saturated carbocycles. The van der Waals surface area contributed by atoms with E-state index in [-0.39, 0.29) is 12.1 Å². The lowest BCUT2D eigenvalue weighted by Gasteiger charge is -2.32. The van der Waals surface area contributed by atoms with Crippen LogP contribution in [0.4, 0.5) is 29.3 Å². The van der Waals surface area contributed by atoms with Crippen LogP contribution in [-0.2, 0) is 23.8 Å². The maximum atomic E-state index is 12.8. The number of halogens is 3. The number of fused-ring (bicyclic) bond motifs is 1. The number of anilines is 2. The van der Waals surface area contributed by atoms with Crippen molar-refractivity contribution in [2.75, 3.05) is 10.6 Å². The summed E-state index contributed by atoms with van der Waals surface area (Å²) in [6, 6.07) is 16.5. The van der Waals surface area contributed by atoms with Crippen molar-refractivity contribution in [1.82, 2.24) is 0 Å². The second-order valence-electron chi connectivity index (χ2n) is 8.69. The Bertz CT molecular complexity index is 1260. The van der Waals surface area contributed by atoms with E-state index >= 15 is 0 Å². The number of alkyl halides is 3. The second-order valence-corrected chi connectivity index (χ2v) is 8.69. The number of nitrogens with one attached hydrogen (secondary N) is 2. The predicted octanol–water partition coefficient (Wildman–Crippen LogP) is 5.71. The number of carbonyl (C=O) groups excluding carboxylic acids is 1. The van der Waals surface area contributed by atoms with Crippen molar-refractivity contribution >= 4 is 23.4 Å². The molecule has 0 bridgehead atoms. The van der Waals surface area contributed by atoms with E-state index in [9.17, 15) is 27.9 Å². The molecule has 182 valence electrons. The average Bonchev–Trinajstić information content (AvgIpc) is 2.78. The normalized spacial score (nSPS) is 17.4. The van der Waals surface area contributed by atoms with Gasteiger partial charge in [0.1, 0.15) is 0 Å². The summed E-state index contributed by atoms with van der Waals surface area (Å²) in [6.45, 7) is 0. The van der Waals surface area contributed by atoms with E-state index in [1.807, 2.05) is 30.3 Å². The number of aliphatic hydroxyl groups is 1. The molecule has 3 aromatic carbocycles. The number of aryl methyl sites for hydroxylation is 1. The third-order valence-electron chi connectivity index (χ3n) is 5.99. The summed E-state index contributed by atoms with van der Waals surface area (Å²) < 4.78 is 38.5. The number of urea groups is 1. The molecule has 4 N–H and O–H groups in total. The lowest BCUT2D eigenvalue weighted by Crippen LogP contribution is -2.38. The highest BCUT2D eigenvalue weighted by atomic mass is 19.4. The number of amides is 2. The van der Waals surface area contributed by atoms with E-state index in [2.05, 4.69) is 10.6 Å². The Hall–Kier alpha value is -3.85. The van der Waals surface area contributed by atoms with Crippen molar-refractivity contribution in [3.8, 4) is 11.1 Å². The van der Waals surface area contributed by atoms with E-state index < -0.39 is 29.3 Å². The number of carboxylic acids is 1. The van der Waals surface area contributed by atoms with E-state index in [0.717, 1.165) is 34.4 Å². The van der Waals surface area contributed by atoms with Gasteiger partial charge in [0.25, 0.3) is 0 Å². The van der Waals surface area contributed by atoms with Gasteiger partial charge in [-0.25, -0.2) is 4.79 Å². The maximum Gasteiger partial charge on any atom is 0.416 e. The Balaban J connectivity index is 1.41. The van der Waals surface area contributed by atoms with Crippen LogP contribution >= 0.6 is 0 Å². The summed E-state index contributed by atoms with van der Waals surface area (Å²) in [7, 11) is 0. The van der Waals surface area contributed by atoms with Crippen LogP contribution in [-0.4, -0.2) is 27.8 Å². The second kappa shape index (κ2) is 9.42. The molecule has 0 heterocycles. The SMILES string of the molecule is O=C(O)CC1(O)CCc2cc(-c3ccc(NC(=O)Nc4cccc(C(F)(F)F)c4)cc3)ccc2C1. The fourth-order valence-corrected chi connectivity index (χ4v) is 4.27. The molecular weight excluding hydrogens is 461 g/mol. The van der Waals surface area contributed by atoms with Gasteiger partial charge in [-0.15, -0.1) is 0 Å². The van der Waals surface area contributed by atoms with E-state index in [0.29, 0.717) is 24.9 Å². The van der Waals surface area contributed by atoms with E-state index in [1.165, 1.54) is 12.1 Å². The van der Waals surface area contributed by atoms with E-state index in [4.69, 9.17) is 5.11 Å². The summed E-state index contributed by atoms with van der Waals surface area (Å²) >= 11 is 0. The van der Waals surface area contributed by atoms with Gasteiger partial charge < -0.3 is 20.8 Å². The van der Waals surface area contributed by atoms with E-state index in [1.54, 1.807) is 12.1 Å². The zero-order valence-electron chi connectivity index (χ0n) is 18.5. The molecule has 0 radical (unpaired) electrons. The fourth-order valence-electron chi connectivity index (χ4n) is 4.27. The Labute approximate surface area is 199 Å². The first-order valence-electron chi connectivity index (χ1n) is 10.9. The summed E-state index contributed by atoms with van der Waals surface area (Å²) in [5.41, 5.74) is 2.22. The third kappa shape index (κ3) is 5.99. The highest BCUT2D eigenvalue weighted by Gasteiger charge is 2.34. The molecule has 0 spiro atoms. The molecule has 0 aliphatic heterocycles. The number of hydrogen-bond acceptors (Lipinski definition) is 3.